The monoisotopic (exact) mass is 252 g/mol. The molecule has 0 saturated carbocycles. The molecule has 0 fully saturated rings. The van der Waals surface area contributed by atoms with Crippen molar-refractivity contribution in [2.45, 2.75) is 26.9 Å². The molecule has 2 heterocycles. The van der Waals surface area contributed by atoms with Crippen LogP contribution in [0.2, 0.25) is 0 Å². The molecule has 0 atom stereocenters. The maximum atomic E-state index is 5.89. The average Bonchev–Trinajstić information content (AvgIpc) is 2.37. The van der Waals surface area contributed by atoms with Crippen LogP contribution in [0.25, 0.3) is 21.8 Å². The Morgan fingerprint density at radius 3 is 2.74 bits per heavy atom. The Kier molecular flexibility index (Phi) is 2.82. The normalized spacial score (nSPS) is 11.4. The molecule has 0 aliphatic rings. The van der Waals surface area contributed by atoms with Crippen molar-refractivity contribution in [3.05, 3.63) is 42.2 Å². The number of ether oxygens (including phenoxy) is 1. The van der Waals surface area contributed by atoms with Gasteiger partial charge < -0.3 is 4.74 Å². The quantitative estimate of drug-likeness (QED) is 0.649. The third-order valence-corrected chi connectivity index (χ3v) is 3.00. The van der Waals surface area contributed by atoms with E-state index in [0.29, 0.717) is 0 Å². The summed E-state index contributed by atoms with van der Waals surface area (Å²) >= 11 is 0. The van der Waals surface area contributed by atoms with Crippen LogP contribution in [0.5, 0.6) is 5.75 Å². The van der Waals surface area contributed by atoms with Gasteiger partial charge in [-0.25, -0.2) is 0 Å². The summed E-state index contributed by atoms with van der Waals surface area (Å²) < 4.78 is 5.89. The van der Waals surface area contributed by atoms with Crippen LogP contribution in [-0.4, -0.2) is 16.1 Å². The first-order valence-corrected chi connectivity index (χ1v) is 6.47. The van der Waals surface area contributed by atoms with Crippen molar-refractivity contribution in [3.8, 4) is 5.75 Å². The number of aromatic nitrogens is 2. The molecule has 3 aromatic rings. The molecule has 3 nitrogen and oxygen atoms in total. The van der Waals surface area contributed by atoms with Gasteiger partial charge in [0.15, 0.2) is 0 Å². The lowest BCUT2D eigenvalue weighted by Crippen LogP contribution is -2.06. The number of aryl methyl sites for hydroxylation is 1. The van der Waals surface area contributed by atoms with Crippen LogP contribution in [-0.2, 0) is 0 Å². The standard InChI is InChI=1S/C16H16N2O/c1-10(2)19-14-9-11(3)18-16-13(14)7-6-12-5-4-8-17-15(12)16/h4-10H,1-3H3. The van der Waals surface area contributed by atoms with Crippen molar-refractivity contribution >= 4 is 21.8 Å². The van der Waals surface area contributed by atoms with Gasteiger partial charge in [-0.05, 0) is 32.9 Å². The number of pyridine rings is 2. The minimum absolute atomic E-state index is 0.143. The lowest BCUT2D eigenvalue weighted by Gasteiger charge is -2.13. The highest BCUT2D eigenvalue weighted by atomic mass is 16.5. The molecule has 19 heavy (non-hydrogen) atoms. The molecule has 0 unspecified atom stereocenters. The van der Waals surface area contributed by atoms with Crippen LogP contribution >= 0.6 is 0 Å². The van der Waals surface area contributed by atoms with Gasteiger partial charge in [0.05, 0.1) is 11.6 Å². The predicted molar refractivity (Wildman–Crippen MR) is 77.5 cm³/mol. The van der Waals surface area contributed by atoms with Gasteiger partial charge in [0.1, 0.15) is 11.3 Å². The summed E-state index contributed by atoms with van der Waals surface area (Å²) in [6, 6.07) is 10.1. The molecule has 0 bridgehead atoms. The molecule has 0 radical (unpaired) electrons. The third kappa shape index (κ3) is 2.12. The number of hydrogen-bond acceptors (Lipinski definition) is 3. The van der Waals surface area contributed by atoms with Crippen LogP contribution < -0.4 is 4.74 Å². The van der Waals surface area contributed by atoms with Crippen molar-refractivity contribution in [2.75, 3.05) is 0 Å². The molecule has 2 aromatic heterocycles. The Bertz CT molecular complexity index is 750. The highest BCUT2D eigenvalue weighted by Crippen LogP contribution is 2.30. The van der Waals surface area contributed by atoms with E-state index in [1.807, 2.05) is 32.9 Å². The molecule has 0 saturated heterocycles. The summed E-state index contributed by atoms with van der Waals surface area (Å²) in [6.07, 6.45) is 1.94. The van der Waals surface area contributed by atoms with E-state index in [0.717, 1.165) is 33.2 Å². The van der Waals surface area contributed by atoms with Gasteiger partial charge in [-0.1, -0.05) is 12.1 Å². The van der Waals surface area contributed by atoms with Crippen LogP contribution in [0.3, 0.4) is 0 Å². The molecule has 0 amide bonds. The van der Waals surface area contributed by atoms with E-state index < -0.39 is 0 Å². The first-order valence-electron chi connectivity index (χ1n) is 6.47. The Morgan fingerprint density at radius 1 is 1.11 bits per heavy atom. The van der Waals surface area contributed by atoms with E-state index in [2.05, 4.69) is 28.2 Å². The second kappa shape index (κ2) is 4.50. The smallest absolute Gasteiger partial charge is 0.130 e. The van der Waals surface area contributed by atoms with E-state index >= 15 is 0 Å². The fraction of sp³-hybridized carbons (Fsp3) is 0.250. The molecule has 0 aliphatic heterocycles. The average molecular weight is 252 g/mol. The van der Waals surface area contributed by atoms with Gasteiger partial charge in [0.2, 0.25) is 0 Å². The van der Waals surface area contributed by atoms with Gasteiger partial charge in [-0.15, -0.1) is 0 Å². The number of benzene rings is 1. The first-order chi connectivity index (χ1) is 9.15. The molecule has 0 aliphatic carbocycles. The molecule has 3 heteroatoms. The Balaban J connectivity index is 2.37. The van der Waals surface area contributed by atoms with E-state index in [4.69, 9.17) is 4.74 Å². The summed E-state index contributed by atoms with van der Waals surface area (Å²) in [6.45, 7) is 6.04. The van der Waals surface area contributed by atoms with Gasteiger partial charge in [-0.3, -0.25) is 9.97 Å². The number of rotatable bonds is 2. The second-order valence-corrected chi connectivity index (χ2v) is 4.97. The van der Waals surface area contributed by atoms with Gasteiger partial charge >= 0.3 is 0 Å². The van der Waals surface area contributed by atoms with Crippen LogP contribution in [0.4, 0.5) is 0 Å². The summed E-state index contributed by atoms with van der Waals surface area (Å²) in [5.74, 6) is 0.880. The Morgan fingerprint density at radius 2 is 1.95 bits per heavy atom. The van der Waals surface area contributed by atoms with Crippen molar-refractivity contribution < 1.29 is 4.74 Å². The zero-order valence-electron chi connectivity index (χ0n) is 11.3. The SMILES string of the molecule is Cc1cc(OC(C)C)c2ccc3cccnc3c2n1. The minimum atomic E-state index is 0.143. The van der Waals surface area contributed by atoms with Crippen LogP contribution in [0, 0.1) is 6.92 Å². The number of fused-ring (bicyclic) bond motifs is 3. The lowest BCUT2D eigenvalue weighted by atomic mass is 10.1. The summed E-state index contributed by atoms with van der Waals surface area (Å²) in [7, 11) is 0. The van der Waals surface area contributed by atoms with Crippen molar-refractivity contribution in [1.29, 1.82) is 0 Å². The molecular weight excluding hydrogens is 236 g/mol. The number of hydrogen-bond donors (Lipinski definition) is 0. The summed E-state index contributed by atoms with van der Waals surface area (Å²) in [5.41, 5.74) is 2.78. The number of nitrogens with zero attached hydrogens (tertiary/aromatic N) is 2. The summed E-state index contributed by atoms with van der Waals surface area (Å²) in [5, 5.41) is 2.12. The first kappa shape index (κ1) is 11.9. The maximum absolute atomic E-state index is 5.89. The largest absolute Gasteiger partial charge is 0.490 e. The van der Waals surface area contributed by atoms with Crippen molar-refractivity contribution in [3.63, 3.8) is 0 Å². The Hall–Kier alpha value is -2.16. The van der Waals surface area contributed by atoms with Crippen LogP contribution in [0.15, 0.2) is 36.5 Å². The minimum Gasteiger partial charge on any atom is -0.490 e. The van der Waals surface area contributed by atoms with Crippen molar-refractivity contribution in [1.82, 2.24) is 9.97 Å². The van der Waals surface area contributed by atoms with E-state index in [-0.39, 0.29) is 6.10 Å². The van der Waals surface area contributed by atoms with E-state index in [1.165, 1.54) is 0 Å². The topological polar surface area (TPSA) is 35.0 Å². The van der Waals surface area contributed by atoms with E-state index in [9.17, 15) is 0 Å². The molecule has 0 spiro atoms. The second-order valence-electron chi connectivity index (χ2n) is 4.97. The summed E-state index contributed by atoms with van der Waals surface area (Å²) in [4.78, 5) is 9.08. The molecular formula is C16H16N2O. The zero-order valence-corrected chi connectivity index (χ0v) is 11.3. The fourth-order valence-electron chi connectivity index (χ4n) is 2.27. The fourth-order valence-corrected chi connectivity index (χ4v) is 2.27. The molecule has 96 valence electrons. The van der Waals surface area contributed by atoms with Gasteiger partial charge in [0.25, 0.3) is 0 Å². The Labute approximate surface area is 112 Å². The van der Waals surface area contributed by atoms with Crippen molar-refractivity contribution in [2.24, 2.45) is 0 Å². The highest BCUT2D eigenvalue weighted by molar-refractivity contribution is 6.04. The third-order valence-electron chi connectivity index (χ3n) is 3.00. The predicted octanol–water partition coefficient (Wildman–Crippen LogP) is 3.88. The molecule has 3 rings (SSSR count). The lowest BCUT2D eigenvalue weighted by molar-refractivity contribution is 0.245. The van der Waals surface area contributed by atoms with Gasteiger partial charge in [-0.2, -0.15) is 0 Å². The van der Waals surface area contributed by atoms with Crippen LogP contribution in [0.1, 0.15) is 19.5 Å². The van der Waals surface area contributed by atoms with Gasteiger partial charge in [0, 0.05) is 28.7 Å². The molecule has 1 aromatic carbocycles. The van der Waals surface area contributed by atoms with E-state index in [1.54, 1.807) is 6.20 Å². The molecule has 0 N–H and O–H groups in total. The maximum Gasteiger partial charge on any atom is 0.130 e. The highest BCUT2D eigenvalue weighted by Gasteiger charge is 2.10. The zero-order chi connectivity index (χ0) is 13.4.